The lowest BCUT2D eigenvalue weighted by Gasteiger charge is -2.25. The average Bonchev–Trinajstić information content (AvgIpc) is 3.33. The van der Waals surface area contributed by atoms with Crippen molar-refractivity contribution in [3.63, 3.8) is 0 Å². The van der Waals surface area contributed by atoms with Crippen molar-refractivity contribution >= 4 is 68.6 Å². The molecule has 0 aliphatic rings. The molecule has 0 atom stereocenters. The van der Waals surface area contributed by atoms with Crippen molar-refractivity contribution in [1.82, 2.24) is 0 Å². The van der Waals surface area contributed by atoms with E-state index in [1.165, 1.54) is 11.1 Å². The third-order valence-corrected chi connectivity index (χ3v) is 14.5. The van der Waals surface area contributed by atoms with Gasteiger partial charge >= 0.3 is 23.9 Å². The van der Waals surface area contributed by atoms with E-state index in [0.29, 0.717) is 6.42 Å². The fourth-order valence-electron chi connectivity index (χ4n) is 6.96. The SMILES string of the molecule is O=C(O)CBr.O=C(O)CC=C(c1ccccc1)c1ccccc1.O=C(O)CCC(c1ccccc1)c1ccccc1.O=C(O)C[P+](c1ccccc1)(c1ccccc1)c1ccccc1. The van der Waals surface area contributed by atoms with Crippen LogP contribution in [-0.4, -0.2) is 55.8 Å². The van der Waals surface area contributed by atoms with Crippen molar-refractivity contribution in [3.8, 4) is 0 Å². The summed E-state index contributed by atoms with van der Waals surface area (Å²) in [5.41, 5.74) is 5.36. The molecule has 0 heterocycles. The Morgan fingerprint density at radius 3 is 1.03 bits per heavy atom. The van der Waals surface area contributed by atoms with Crippen molar-refractivity contribution in [2.45, 2.75) is 25.2 Å². The summed E-state index contributed by atoms with van der Waals surface area (Å²) in [4.78, 5) is 42.6. The molecule has 7 rings (SSSR count). The fourth-order valence-corrected chi connectivity index (χ4v) is 10.9. The summed E-state index contributed by atoms with van der Waals surface area (Å²) in [6, 6.07) is 69.9. The first-order valence-electron chi connectivity index (χ1n) is 20.4. The smallest absolute Gasteiger partial charge is 0.342 e. The van der Waals surface area contributed by atoms with Crippen LogP contribution in [0, 0.1) is 0 Å². The van der Waals surface area contributed by atoms with Crippen LogP contribution in [-0.2, 0) is 19.2 Å². The first-order chi connectivity index (χ1) is 31.0. The van der Waals surface area contributed by atoms with Crippen LogP contribution >= 0.6 is 23.2 Å². The van der Waals surface area contributed by atoms with Gasteiger partial charge in [-0.2, -0.15) is 0 Å². The van der Waals surface area contributed by atoms with Crippen LogP contribution in [0.25, 0.3) is 5.57 Å². The van der Waals surface area contributed by atoms with E-state index in [-0.39, 0.29) is 30.3 Å². The number of carboxylic acids is 4. The Bertz CT molecular complexity index is 2300. The van der Waals surface area contributed by atoms with Crippen LogP contribution < -0.4 is 15.9 Å². The Kier molecular flexibility index (Phi) is 21.1. The summed E-state index contributed by atoms with van der Waals surface area (Å²) in [5, 5.41) is 38.3. The molecule has 0 saturated carbocycles. The number of hydrogen-bond acceptors (Lipinski definition) is 4. The number of rotatable bonds is 15. The van der Waals surface area contributed by atoms with Crippen LogP contribution in [0.3, 0.4) is 0 Å². The summed E-state index contributed by atoms with van der Waals surface area (Å²) < 4.78 is 0. The Hall–Kier alpha value is -6.93. The quantitative estimate of drug-likeness (QED) is 0.0586. The number of hydrogen-bond donors (Lipinski definition) is 4. The maximum absolute atomic E-state index is 11.8. The first-order valence-corrected chi connectivity index (χ1v) is 23.5. The second-order valence-corrected chi connectivity index (χ2v) is 18.2. The predicted octanol–water partition coefficient (Wildman–Crippen LogP) is 10.8. The summed E-state index contributed by atoms with van der Waals surface area (Å²) in [6.45, 7) is 0. The minimum atomic E-state index is -2.21. The van der Waals surface area contributed by atoms with Gasteiger partial charge in [-0.1, -0.05) is 198 Å². The van der Waals surface area contributed by atoms with E-state index in [0.717, 1.165) is 32.6 Å². The molecule has 0 spiro atoms. The fraction of sp³-hybridized carbons (Fsp3) is 0.111. The molecule has 0 aromatic heterocycles. The van der Waals surface area contributed by atoms with Gasteiger partial charge in [0.05, 0.1) is 6.42 Å². The number of alkyl halides is 1. The van der Waals surface area contributed by atoms with Crippen LogP contribution in [0.15, 0.2) is 218 Å². The Balaban J connectivity index is 0.000000201. The third-order valence-electron chi connectivity index (χ3n) is 9.78. The predicted molar refractivity (Wildman–Crippen MR) is 263 cm³/mol. The van der Waals surface area contributed by atoms with E-state index in [9.17, 15) is 24.3 Å². The molecule has 0 fully saturated rings. The molecule has 0 saturated heterocycles. The molecule has 0 amide bonds. The zero-order valence-electron chi connectivity index (χ0n) is 35.1. The number of carboxylic acid groups (broad SMARTS) is 4. The molecule has 64 heavy (non-hydrogen) atoms. The van der Waals surface area contributed by atoms with E-state index in [2.05, 4.69) is 76.6 Å². The highest BCUT2D eigenvalue weighted by atomic mass is 79.9. The van der Waals surface area contributed by atoms with Gasteiger partial charge in [0.15, 0.2) is 6.16 Å². The minimum absolute atomic E-state index is 0.0269. The summed E-state index contributed by atoms with van der Waals surface area (Å²) in [7, 11) is -2.21. The van der Waals surface area contributed by atoms with Gasteiger partial charge in [0.2, 0.25) is 0 Å². The van der Waals surface area contributed by atoms with Crippen molar-refractivity contribution in [2.24, 2.45) is 0 Å². The Morgan fingerprint density at radius 1 is 0.438 bits per heavy atom. The minimum Gasteiger partial charge on any atom is -0.481 e. The lowest BCUT2D eigenvalue weighted by atomic mass is 9.87. The Labute approximate surface area is 383 Å². The van der Waals surface area contributed by atoms with Gasteiger partial charge in [-0.15, -0.1) is 0 Å². The number of aliphatic carboxylic acids is 4. The molecule has 0 aliphatic carbocycles. The summed E-state index contributed by atoms with van der Waals surface area (Å²) in [5.74, 6) is -3.00. The maximum Gasteiger partial charge on any atom is 0.342 e. The molecule has 10 heteroatoms. The number of halogens is 1. The normalized spacial score (nSPS) is 10.3. The zero-order chi connectivity index (χ0) is 46.0. The molecular formula is C54H51BrO8P+. The molecule has 0 aliphatic heterocycles. The molecule has 0 bridgehead atoms. The first kappa shape index (κ1) is 49.7. The van der Waals surface area contributed by atoms with E-state index in [1.54, 1.807) is 6.08 Å². The zero-order valence-corrected chi connectivity index (χ0v) is 37.6. The Morgan fingerprint density at radius 2 is 0.750 bits per heavy atom. The monoisotopic (exact) mass is 937 g/mol. The molecule has 8 nitrogen and oxygen atoms in total. The highest BCUT2D eigenvalue weighted by molar-refractivity contribution is 9.09. The van der Waals surface area contributed by atoms with Crippen molar-refractivity contribution in [2.75, 3.05) is 11.5 Å². The molecular weight excluding hydrogens is 887 g/mol. The second kappa shape index (κ2) is 27.2. The van der Waals surface area contributed by atoms with Crippen LogP contribution in [0.4, 0.5) is 0 Å². The molecule has 7 aromatic rings. The van der Waals surface area contributed by atoms with E-state index in [1.807, 2.05) is 152 Å². The average molecular weight is 939 g/mol. The molecule has 0 unspecified atom stereocenters. The van der Waals surface area contributed by atoms with Gasteiger partial charge < -0.3 is 20.4 Å². The van der Waals surface area contributed by atoms with E-state index in [4.69, 9.17) is 15.3 Å². The van der Waals surface area contributed by atoms with E-state index >= 15 is 0 Å². The van der Waals surface area contributed by atoms with Gasteiger partial charge in [-0.25, -0.2) is 4.79 Å². The van der Waals surface area contributed by atoms with Gasteiger partial charge in [0.1, 0.15) is 28.5 Å². The van der Waals surface area contributed by atoms with Crippen LogP contribution in [0.5, 0.6) is 0 Å². The van der Waals surface area contributed by atoms with Crippen molar-refractivity contribution in [1.29, 1.82) is 0 Å². The molecule has 326 valence electrons. The summed E-state index contributed by atoms with van der Waals surface area (Å²) >= 11 is 2.71. The molecule has 7 aromatic carbocycles. The lowest BCUT2D eigenvalue weighted by Crippen LogP contribution is -2.35. The maximum atomic E-state index is 11.8. The molecule has 0 radical (unpaired) electrons. The highest BCUT2D eigenvalue weighted by Crippen LogP contribution is 2.55. The lowest BCUT2D eigenvalue weighted by molar-refractivity contribution is -0.137. The van der Waals surface area contributed by atoms with Gasteiger partial charge in [-0.3, -0.25) is 14.4 Å². The van der Waals surface area contributed by atoms with Gasteiger partial charge in [0, 0.05) is 12.3 Å². The van der Waals surface area contributed by atoms with Gasteiger partial charge in [0.25, 0.3) is 0 Å². The topological polar surface area (TPSA) is 149 Å². The number of carbonyl (C=O) groups is 4. The number of benzene rings is 7. The van der Waals surface area contributed by atoms with Crippen LogP contribution in [0.1, 0.15) is 47.4 Å². The van der Waals surface area contributed by atoms with Crippen LogP contribution in [0.2, 0.25) is 0 Å². The largest absolute Gasteiger partial charge is 0.481 e. The third kappa shape index (κ3) is 16.1. The summed E-state index contributed by atoms with van der Waals surface area (Å²) in [6.07, 6.45) is 2.72. The van der Waals surface area contributed by atoms with Gasteiger partial charge in [-0.05, 0) is 70.6 Å². The van der Waals surface area contributed by atoms with Crippen molar-refractivity contribution < 1.29 is 39.6 Å². The standard InChI is InChI=1S/C20H17O2P.C16H16O2.C16H14O2.C2H3BrO2/c21-20(22)16-23(17-10-4-1-5-11-17,18-12-6-2-7-13-18)19-14-8-3-9-15-19;2*17-16(18)12-11-15(13-7-3-1-4-8-13)14-9-5-2-6-10-14;3-1-2(4)5/h1-15H,16H2;1-10,15H,11-12H2,(H,17,18);1-11H,12H2,(H,17,18);1H2,(H,4,5)/p+1. The molecule has 4 N–H and O–H groups in total. The second-order valence-electron chi connectivity index (χ2n) is 14.1. The van der Waals surface area contributed by atoms with E-state index < -0.39 is 31.1 Å². The van der Waals surface area contributed by atoms with Crippen molar-refractivity contribution in [3.05, 3.63) is 241 Å². The highest BCUT2D eigenvalue weighted by Gasteiger charge is 2.47.